The van der Waals surface area contributed by atoms with Crippen molar-refractivity contribution in [3.63, 3.8) is 0 Å². The van der Waals surface area contributed by atoms with E-state index in [-0.39, 0.29) is 17.5 Å². The molecule has 2 heteroatoms. The third-order valence-electron chi connectivity index (χ3n) is 4.15. The van der Waals surface area contributed by atoms with Gasteiger partial charge in [0.15, 0.2) is 5.78 Å². The first-order valence-electron chi connectivity index (χ1n) is 7.88. The molecular formula is C18H24O2. The van der Waals surface area contributed by atoms with Crippen LogP contribution in [0.1, 0.15) is 67.8 Å². The molecule has 1 aliphatic carbocycles. The van der Waals surface area contributed by atoms with Crippen molar-refractivity contribution in [1.82, 2.24) is 0 Å². The Bertz CT molecular complexity index is 476. The Hall–Kier alpha value is -1.44. The van der Waals surface area contributed by atoms with Crippen molar-refractivity contribution in [2.75, 3.05) is 0 Å². The summed E-state index contributed by atoms with van der Waals surface area (Å²) in [5.74, 6) is -0.209. The van der Waals surface area contributed by atoms with Crippen LogP contribution >= 0.6 is 0 Å². The molecule has 0 bridgehead atoms. The molecule has 0 aromatic heterocycles. The van der Waals surface area contributed by atoms with Gasteiger partial charge in [-0.15, -0.1) is 0 Å². The fraction of sp³-hybridized carbons (Fsp3) is 0.556. The number of carbonyl (C=O) groups excluding carboxylic acids is 2. The maximum absolute atomic E-state index is 12.5. The van der Waals surface area contributed by atoms with Gasteiger partial charge in [0.05, 0.1) is 5.92 Å². The summed E-state index contributed by atoms with van der Waals surface area (Å²) >= 11 is 0. The first-order chi connectivity index (χ1) is 9.72. The summed E-state index contributed by atoms with van der Waals surface area (Å²) < 4.78 is 0. The van der Waals surface area contributed by atoms with Crippen molar-refractivity contribution in [3.8, 4) is 0 Å². The maximum Gasteiger partial charge on any atom is 0.173 e. The summed E-state index contributed by atoms with van der Waals surface area (Å²) in [5.41, 5.74) is 1.94. The molecule has 0 radical (unpaired) electrons. The van der Waals surface area contributed by atoms with E-state index in [2.05, 4.69) is 13.0 Å². The number of carbonyl (C=O) groups is 2. The smallest absolute Gasteiger partial charge is 0.173 e. The highest BCUT2D eigenvalue weighted by atomic mass is 16.1. The third-order valence-corrected chi connectivity index (χ3v) is 4.15. The number of hydrogen-bond acceptors (Lipinski definition) is 2. The molecule has 20 heavy (non-hydrogen) atoms. The Morgan fingerprint density at radius 2 is 2.10 bits per heavy atom. The van der Waals surface area contributed by atoms with Crippen molar-refractivity contribution in [2.45, 2.75) is 58.3 Å². The van der Waals surface area contributed by atoms with Gasteiger partial charge in [-0.2, -0.15) is 0 Å². The molecule has 1 aromatic carbocycles. The number of benzene rings is 1. The molecule has 1 atom stereocenters. The molecule has 1 aliphatic rings. The minimum absolute atomic E-state index is 0.0343. The Morgan fingerprint density at radius 3 is 2.85 bits per heavy atom. The zero-order valence-corrected chi connectivity index (χ0v) is 12.4. The van der Waals surface area contributed by atoms with E-state index >= 15 is 0 Å². The first-order valence-corrected chi connectivity index (χ1v) is 7.88. The SMILES string of the molecule is CCCCCc1cccc(C(=O)C2CCCCC2=O)c1. The highest BCUT2D eigenvalue weighted by molar-refractivity contribution is 6.10. The lowest BCUT2D eigenvalue weighted by Gasteiger charge is -2.19. The summed E-state index contributed by atoms with van der Waals surface area (Å²) in [6, 6.07) is 7.87. The molecular weight excluding hydrogens is 248 g/mol. The summed E-state index contributed by atoms with van der Waals surface area (Å²) in [4.78, 5) is 24.4. The highest BCUT2D eigenvalue weighted by Gasteiger charge is 2.29. The number of Topliss-reactive ketones (excluding diaryl/α,β-unsaturated/α-hetero) is 2. The zero-order chi connectivity index (χ0) is 14.4. The third kappa shape index (κ3) is 3.78. The van der Waals surface area contributed by atoms with Gasteiger partial charge in [0.25, 0.3) is 0 Å². The van der Waals surface area contributed by atoms with Gasteiger partial charge in [0, 0.05) is 12.0 Å². The lowest BCUT2D eigenvalue weighted by Crippen LogP contribution is -2.27. The van der Waals surface area contributed by atoms with Crippen LogP contribution in [-0.2, 0) is 11.2 Å². The highest BCUT2D eigenvalue weighted by Crippen LogP contribution is 2.24. The predicted molar refractivity (Wildman–Crippen MR) is 81.0 cm³/mol. The fourth-order valence-corrected chi connectivity index (χ4v) is 2.92. The molecule has 0 heterocycles. The molecule has 1 unspecified atom stereocenters. The molecule has 2 nitrogen and oxygen atoms in total. The summed E-state index contributed by atoms with van der Waals surface area (Å²) in [5, 5.41) is 0. The van der Waals surface area contributed by atoms with E-state index in [9.17, 15) is 9.59 Å². The molecule has 0 spiro atoms. The van der Waals surface area contributed by atoms with Crippen molar-refractivity contribution < 1.29 is 9.59 Å². The Kier molecular flexibility index (Phi) is 5.51. The van der Waals surface area contributed by atoms with Crippen LogP contribution in [0.4, 0.5) is 0 Å². The molecule has 0 aliphatic heterocycles. The van der Waals surface area contributed by atoms with Crippen LogP contribution in [0, 0.1) is 5.92 Å². The Labute approximate surface area is 121 Å². The first kappa shape index (κ1) is 15.0. The van der Waals surface area contributed by atoms with Gasteiger partial charge in [-0.1, -0.05) is 44.4 Å². The number of rotatable bonds is 6. The predicted octanol–water partition coefficient (Wildman–Crippen LogP) is 4.36. The summed E-state index contributed by atoms with van der Waals surface area (Å²) in [6.07, 6.45) is 7.86. The van der Waals surface area contributed by atoms with Gasteiger partial charge in [-0.25, -0.2) is 0 Å². The van der Waals surface area contributed by atoms with Gasteiger partial charge >= 0.3 is 0 Å². The number of unbranched alkanes of at least 4 members (excludes halogenated alkanes) is 2. The average Bonchev–Trinajstić information content (AvgIpc) is 2.48. The molecule has 108 valence electrons. The molecule has 0 N–H and O–H groups in total. The lowest BCUT2D eigenvalue weighted by molar-refractivity contribution is -0.122. The van der Waals surface area contributed by atoms with Crippen LogP contribution in [0.2, 0.25) is 0 Å². The number of hydrogen-bond donors (Lipinski definition) is 0. The van der Waals surface area contributed by atoms with E-state index < -0.39 is 0 Å². The van der Waals surface area contributed by atoms with Crippen LogP contribution in [0.5, 0.6) is 0 Å². The lowest BCUT2D eigenvalue weighted by atomic mass is 9.82. The van der Waals surface area contributed by atoms with Crippen LogP contribution < -0.4 is 0 Å². The Balaban J connectivity index is 2.05. The van der Waals surface area contributed by atoms with E-state index in [1.165, 1.54) is 18.4 Å². The normalized spacial score (nSPS) is 19.1. The van der Waals surface area contributed by atoms with Gasteiger partial charge in [-0.05, 0) is 37.3 Å². The van der Waals surface area contributed by atoms with Gasteiger partial charge in [-0.3, -0.25) is 9.59 Å². The van der Waals surface area contributed by atoms with E-state index in [1.807, 2.05) is 18.2 Å². The van der Waals surface area contributed by atoms with E-state index in [0.29, 0.717) is 6.42 Å². The minimum atomic E-state index is -0.380. The van der Waals surface area contributed by atoms with Crippen molar-refractivity contribution in [2.24, 2.45) is 5.92 Å². The number of aryl methyl sites for hydroxylation is 1. The summed E-state index contributed by atoms with van der Waals surface area (Å²) in [7, 11) is 0. The molecule has 1 aromatic rings. The topological polar surface area (TPSA) is 34.1 Å². The second-order valence-electron chi connectivity index (χ2n) is 5.79. The minimum Gasteiger partial charge on any atom is -0.299 e. The number of ketones is 2. The Morgan fingerprint density at radius 1 is 1.25 bits per heavy atom. The quantitative estimate of drug-likeness (QED) is 0.438. The van der Waals surface area contributed by atoms with Crippen LogP contribution in [0.25, 0.3) is 0 Å². The van der Waals surface area contributed by atoms with Crippen molar-refractivity contribution in [1.29, 1.82) is 0 Å². The molecule has 2 rings (SSSR count). The van der Waals surface area contributed by atoms with Gasteiger partial charge in [0.1, 0.15) is 5.78 Å². The van der Waals surface area contributed by atoms with Crippen LogP contribution in [0.15, 0.2) is 24.3 Å². The maximum atomic E-state index is 12.5. The van der Waals surface area contributed by atoms with E-state index in [0.717, 1.165) is 37.7 Å². The molecule has 1 fully saturated rings. The van der Waals surface area contributed by atoms with Crippen LogP contribution in [-0.4, -0.2) is 11.6 Å². The van der Waals surface area contributed by atoms with Crippen molar-refractivity contribution >= 4 is 11.6 Å². The second kappa shape index (κ2) is 7.37. The molecule has 0 saturated heterocycles. The zero-order valence-electron chi connectivity index (χ0n) is 12.4. The van der Waals surface area contributed by atoms with Crippen molar-refractivity contribution in [3.05, 3.63) is 35.4 Å². The van der Waals surface area contributed by atoms with E-state index in [4.69, 9.17) is 0 Å². The van der Waals surface area contributed by atoms with Gasteiger partial charge < -0.3 is 0 Å². The van der Waals surface area contributed by atoms with Crippen LogP contribution in [0.3, 0.4) is 0 Å². The summed E-state index contributed by atoms with van der Waals surface area (Å²) in [6.45, 7) is 2.19. The average molecular weight is 272 g/mol. The standard InChI is InChI=1S/C18H24O2/c1-2-3-4-8-14-9-7-10-15(13-14)18(20)16-11-5-6-12-17(16)19/h7,9-10,13,16H,2-6,8,11-12H2,1H3. The molecule has 1 saturated carbocycles. The second-order valence-corrected chi connectivity index (χ2v) is 5.79. The monoisotopic (exact) mass is 272 g/mol. The fourth-order valence-electron chi connectivity index (χ4n) is 2.92. The van der Waals surface area contributed by atoms with E-state index in [1.54, 1.807) is 0 Å². The van der Waals surface area contributed by atoms with Gasteiger partial charge in [0.2, 0.25) is 0 Å². The largest absolute Gasteiger partial charge is 0.299 e. The molecule has 0 amide bonds.